The number of nitrogens with zero attached hydrogens (tertiary/aromatic N) is 1. The highest BCUT2D eigenvalue weighted by Gasteiger charge is 2.30. The molecule has 1 aliphatic heterocycles. The number of hydrogen-bond acceptors (Lipinski definition) is 5. The van der Waals surface area contributed by atoms with Crippen molar-refractivity contribution in [1.29, 1.82) is 0 Å². The van der Waals surface area contributed by atoms with E-state index in [9.17, 15) is 13.2 Å². The average molecular weight is 485 g/mol. The quantitative estimate of drug-likeness (QED) is 0.543. The summed E-state index contributed by atoms with van der Waals surface area (Å²) < 4.78 is 39.8. The van der Waals surface area contributed by atoms with Crippen LogP contribution in [0.4, 0.5) is 0 Å². The van der Waals surface area contributed by atoms with Crippen molar-refractivity contribution in [3.8, 4) is 5.75 Å². The van der Waals surface area contributed by atoms with Crippen LogP contribution in [0, 0.1) is 0 Å². The number of pyridine rings is 1. The Bertz CT molecular complexity index is 1320. The molecule has 0 spiro atoms. The van der Waals surface area contributed by atoms with Crippen LogP contribution in [0.25, 0.3) is 10.9 Å². The molecule has 2 aromatic carbocycles. The van der Waals surface area contributed by atoms with Gasteiger partial charge in [-0.25, -0.2) is 8.42 Å². The van der Waals surface area contributed by atoms with Gasteiger partial charge in [0, 0.05) is 36.2 Å². The molecule has 34 heavy (non-hydrogen) atoms. The van der Waals surface area contributed by atoms with Crippen molar-refractivity contribution in [3.63, 3.8) is 0 Å². The van der Waals surface area contributed by atoms with Crippen molar-refractivity contribution in [2.45, 2.75) is 56.6 Å². The molecule has 0 saturated carbocycles. The summed E-state index contributed by atoms with van der Waals surface area (Å²) in [6.45, 7) is 7.02. The fourth-order valence-electron chi connectivity index (χ4n) is 4.20. The number of benzene rings is 2. The molecular weight excluding hydrogens is 452 g/mol. The molecule has 1 aliphatic rings. The van der Waals surface area contributed by atoms with Crippen molar-refractivity contribution < 1.29 is 17.9 Å². The van der Waals surface area contributed by atoms with E-state index in [0.717, 1.165) is 23.8 Å². The fraction of sp³-hybridized carbons (Fsp3) is 0.423. The molecule has 1 N–H and O–H groups in total. The van der Waals surface area contributed by atoms with Crippen molar-refractivity contribution in [2.24, 2.45) is 0 Å². The number of aromatic nitrogens is 1. The van der Waals surface area contributed by atoms with E-state index in [1.54, 1.807) is 37.4 Å². The molecule has 2 heterocycles. The van der Waals surface area contributed by atoms with E-state index in [-0.39, 0.29) is 35.1 Å². The molecule has 1 aromatic heterocycles. The normalized spacial score (nSPS) is 16.9. The highest BCUT2D eigenvalue weighted by Crippen LogP contribution is 2.27. The number of nitrogens with one attached hydrogen (secondary N) is 1. The van der Waals surface area contributed by atoms with E-state index in [1.807, 2.05) is 18.2 Å². The second-order valence-electron chi connectivity index (χ2n) is 9.78. The summed E-state index contributed by atoms with van der Waals surface area (Å²) in [5.74, 6) is 0.660. The Kier molecular flexibility index (Phi) is 6.85. The zero-order valence-electron chi connectivity index (χ0n) is 20.1. The molecular formula is C26H32N2O5S. The Labute approximate surface area is 200 Å². The minimum Gasteiger partial charge on any atom is -0.497 e. The number of sulfonamides is 1. The smallest absolute Gasteiger partial charge is 0.252 e. The van der Waals surface area contributed by atoms with E-state index >= 15 is 0 Å². The van der Waals surface area contributed by atoms with Crippen LogP contribution >= 0.6 is 0 Å². The Hall–Kier alpha value is -2.68. The predicted octanol–water partition coefficient (Wildman–Crippen LogP) is 4.20. The van der Waals surface area contributed by atoms with Crippen LogP contribution in [-0.2, 0) is 26.7 Å². The van der Waals surface area contributed by atoms with Gasteiger partial charge in [-0.3, -0.25) is 4.79 Å². The van der Waals surface area contributed by atoms with Gasteiger partial charge in [-0.15, -0.1) is 0 Å². The molecule has 1 atom stereocenters. The second kappa shape index (κ2) is 9.52. The summed E-state index contributed by atoms with van der Waals surface area (Å²) in [5.41, 5.74) is 1.69. The lowest BCUT2D eigenvalue weighted by Gasteiger charge is -2.25. The van der Waals surface area contributed by atoms with Crippen LogP contribution in [0.1, 0.15) is 44.7 Å². The summed E-state index contributed by atoms with van der Waals surface area (Å²) in [6, 6.07) is 14.1. The molecule has 182 valence electrons. The first-order valence-electron chi connectivity index (χ1n) is 11.5. The number of H-pyrrole nitrogens is 1. The molecule has 4 rings (SSSR count). The van der Waals surface area contributed by atoms with Gasteiger partial charge < -0.3 is 14.5 Å². The maximum Gasteiger partial charge on any atom is 0.252 e. The first kappa shape index (κ1) is 24.4. The standard InChI is InChI=1S/C26H32N2O5S/c1-26(2,3)20-7-10-23(11-8-20)34(30,31)28(17-22-6-5-13-33-22)16-19-14-18-15-21(32-4)9-12-24(18)27-25(19)29/h7-12,14-15,22H,5-6,13,16-17H2,1-4H3,(H,27,29)/t22-/m0/s1. The maximum absolute atomic E-state index is 13.7. The van der Waals surface area contributed by atoms with E-state index in [1.165, 1.54) is 4.31 Å². The van der Waals surface area contributed by atoms with Crippen molar-refractivity contribution in [2.75, 3.05) is 20.3 Å². The van der Waals surface area contributed by atoms with Gasteiger partial charge in [0.25, 0.3) is 5.56 Å². The van der Waals surface area contributed by atoms with E-state index in [2.05, 4.69) is 25.8 Å². The SMILES string of the molecule is COc1ccc2[nH]c(=O)c(CN(C[C@@H]3CCCO3)S(=O)(=O)c3ccc(C(C)(C)C)cc3)cc2c1. The maximum atomic E-state index is 13.7. The fourth-order valence-corrected chi connectivity index (χ4v) is 5.65. The number of rotatable bonds is 7. The molecule has 0 aliphatic carbocycles. The highest BCUT2D eigenvalue weighted by molar-refractivity contribution is 7.89. The van der Waals surface area contributed by atoms with Gasteiger partial charge in [-0.2, -0.15) is 4.31 Å². The van der Waals surface area contributed by atoms with Gasteiger partial charge in [0.15, 0.2) is 0 Å². The van der Waals surface area contributed by atoms with Crippen LogP contribution in [-0.4, -0.2) is 44.1 Å². The summed E-state index contributed by atoms with van der Waals surface area (Å²) >= 11 is 0. The first-order chi connectivity index (χ1) is 16.1. The molecule has 1 fully saturated rings. The minimum absolute atomic E-state index is 0.0499. The number of methoxy groups -OCH3 is 1. The summed E-state index contributed by atoms with van der Waals surface area (Å²) in [6.07, 6.45) is 1.50. The summed E-state index contributed by atoms with van der Waals surface area (Å²) in [7, 11) is -2.28. The highest BCUT2D eigenvalue weighted by atomic mass is 32.2. The van der Waals surface area contributed by atoms with Crippen molar-refractivity contribution >= 4 is 20.9 Å². The molecule has 0 unspecified atom stereocenters. The van der Waals surface area contributed by atoms with Crippen LogP contribution in [0.3, 0.4) is 0 Å². The number of hydrogen-bond donors (Lipinski definition) is 1. The Morgan fingerprint density at radius 2 is 1.85 bits per heavy atom. The van der Waals surface area contributed by atoms with Gasteiger partial charge in [-0.1, -0.05) is 32.9 Å². The van der Waals surface area contributed by atoms with Gasteiger partial charge >= 0.3 is 0 Å². The van der Waals surface area contributed by atoms with Gasteiger partial charge in [0.2, 0.25) is 10.0 Å². The van der Waals surface area contributed by atoms with Crippen molar-refractivity contribution in [3.05, 3.63) is 70.0 Å². The predicted molar refractivity (Wildman–Crippen MR) is 133 cm³/mol. The molecule has 3 aromatic rings. The average Bonchev–Trinajstić information content (AvgIpc) is 3.31. The monoisotopic (exact) mass is 484 g/mol. The van der Waals surface area contributed by atoms with E-state index in [4.69, 9.17) is 9.47 Å². The van der Waals surface area contributed by atoms with Gasteiger partial charge in [-0.05, 0) is 60.2 Å². The first-order valence-corrected chi connectivity index (χ1v) is 12.9. The minimum atomic E-state index is -3.86. The lowest BCUT2D eigenvalue weighted by atomic mass is 9.87. The zero-order valence-corrected chi connectivity index (χ0v) is 20.9. The van der Waals surface area contributed by atoms with Crippen molar-refractivity contribution in [1.82, 2.24) is 9.29 Å². The third-order valence-corrected chi connectivity index (χ3v) is 8.09. The Balaban J connectivity index is 1.71. The lowest BCUT2D eigenvalue weighted by molar-refractivity contribution is 0.0925. The van der Waals surface area contributed by atoms with Crippen LogP contribution in [0.15, 0.2) is 58.2 Å². The van der Waals surface area contributed by atoms with Crippen LogP contribution < -0.4 is 10.3 Å². The van der Waals surface area contributed by atoms with Gasteiger partial charge in [0.1, 0.15) is 5.75 Å². The topological polar surface area (TPSA) is 88.7 Å². The van der Waals surface area contributed by atoms with Crippen LogP contribution in [0.5, 0.6) is 5.75 Å². The summed E-state index contributed by atoms with van der Waals surface area (Å²) in [5, 5.41) is 0.776. The van der Waals surface area contributed by atoms with E-state index in [0.29, 0.717) is 23.4 Å². The molecule has 1 saturated heterocycles. The molecule has 0 amide bonds. The molecule has 0 radical (unpaired) electrons. The third-order valence-electron chi connectivity index (χ3n) is 6.26. The van der Waals surface area contributed by atoms with Gasteiger partial charge in [0.05, 0.1) is 18.1 Å². The van der Waals surface area contributed by atoms with E-state index < -0.39 is 10.0 Å². The Morgan fingerprint density at radius 1 is 1.12 bits per heavy atom. The second-order valence-corrected chi connectivity index (χ2v) is 11.7. The van der Waals surface area contributed by atoms with Crippen LogP contribution in [0.2, 0.25) is 0 Å². The molecule has 8 heteroatoms. The summed E-state index contributed by atoms with van der Waals surface area (Å²) in [4.78, 5) is 15.9. The lowest BCUT2D eigenvalue weighted by Crippen LogP contribution is -2.38. The zero-order chi connectivity index (χ0) is 24.5. The Morgan fingerprint density at radius 3 is 2.47 bits per heavy atom. The molecule has 7 nitrogen and oxygen atoms in total. The largest absolute Gasteiger partial charge is 0.497 e. The number of ether oxygens (including phenoxy) is 2. The molecule has 0 bridgehead atoms. The third kappa shape index (κ3) is 5.19. The number of aromatic amines is 1. The number of fused-ring (bicyclic) bond motifs is 1.